The van der Waals surface area contributed by atoms with Crippen LogP contribution in [0.4, 0.5) is 4.39 Å². The number of rotatable bonds is 4. The third kappa shape index (κ3) is 2.91. The van der Waals surface area contributed by atoms with Gasteiger partial charge < -0.3 is 5.32 Å². The van der Waals surface area contributed by atoms with Crippen molar-refractivity contribution in [3.63, 3.8) is 0 Å². The zero-order chi connectivity index (χ0) is 12.3. The van der Waals surface area contributed by atoms with E-state index in [4.69, 9.17) is 0 Å². The number of hydrogen-bond acceptors (Lipinski definition) is 2. The van der Waals surface area contributed by atoms with E-state index in [-0.39, 0.29) is 11.9 Å². The Balaban J connectivity index is 2.16. The molecule has 1 N–H and O–H groups in total. The van der Waals surface area contributed by atoms with Crippen LogP contribution in [0.15, 0.2) is 36.5 Å². The number of nitrogens with zero attached hydrogens (tertiary/aromatic N) is 2. The van der Waals surface area contributed by atoms with Crippen molar-refractivity contribution in [2.45, 2.75) is 12.5 Å². The highest BCUT2D eigenvalue weighted by Gasteiger charge is 2.12. The Morgan fingerprint density at radius 2 is 2.24 bits per heavy atom. The molecule has 1 aromatic heterocycles. The lowest BCUT2D eigenvalue weighted by atomic mass is 10.0. The van der Waals surface area contributed by atoms with Gasteiger partial charge in [0, 0.05) is 25.7 Å². The number of aromatic nitrogens is 2. The fourth-order valence-electron chi connectivity index (χ4n) is 1.89. The summed E-state index contributed by atoms with van der Waals surface area (Å²) in [6.07, 6.45) is 2.66. The van der Waals surface area contributed by atoms with E-state index in [1.54, 1.807) is 16.8 Å². The summed E-state index contributed by atoms with van der Waals surface area (Å²) in [6, 6.07) is 8.73. The Morgan fingerprint density at radius 1 is 1.41 bits per heavy atom. The van der Waals surface area contributed by atoms with Gasteiger partial charge in [0.25, 0.3) is 0 Å². The third-order valence-electron chi connectivity index (χ3n) is 2.78. The van der Waals surface area contributed by atoms with E-state index in [1.165, 1.54) is 6.07 Å². The molecular weight excluding hydrogens is 217 g/mol. The lowest BCUT2D eigenvalue weighted by Crippen LogP contribution is -2.19. The summed E-state index contributed by atoms with van der Waals surface area (Å²) in [7, 11) is 3.76. The van der Waals surface area contributed by atoms with Crippen LogP contribution in [0.5, 0.6) is 0 Å². The van der Waals surface area contributed by atoms with Gasteiger partial charge in [-0.25, -0.2) is 4.39 Å². The lowest BCUT2D eigenvalue weighted by Gasteiger charge is -2.15. The molecule has 0 aliphatic carbocycles. The van der Waals surface area contributed by atoms with Crippen molar-refractivity contribution in [2.24, 2.45) is 7.05 Å². The minimum absolute atomic E-state index is 0.0839. The Morgan fingerprint density at radius 3 is 2.82 bits per heavy atom. The van der Waals surface area contributed by atoms with Gasteiger partial charge in [-0.3, -0.25) is 4.68 Å². The normalized spacial score (nSPS) is 12.6. The van der Waals surface area contributed by atoms with Crippen LogP contribution < -0.4 is 5.32 Å². The molecule has 3 nitrogen and oxygen atoms in total. The van der Waals surface area contributed by atoms with Gasteiger partial charge in [-0.2, -0.15) is 5.10 Å². The van der Waals surface area contributed by atoms with Crippen LogP contribution in [0.1, 0.15) is 17.3 Å². The van der Waals surface area contributed by atoms with Crippen molar-refractivity contribution >= 4 is 0 Å². The summed E-state index contributed by atoms with van der Waals surface area (Å²) >= 11 is 0. The van der Waals surface area contributed by atoms with Crippen molar-refractivity contribution in [3.8, 4) is 0 Å². The van der Waals surface area contributed by atoms with Crippen LogP contribution in [0.3, 0.4) is 0 Å². The molecule has 1 unspecified atom stereocenters. The number of aryl methyl sites for hydroxylation is 1. The topological polar surface area (TPSA) is 29.9 Å². The van der Waals surface area contributed by atoms with Crippen LogP contribution in [-0.2, 0) is 13.5 Å². The van der Waals surface area contributed by atoms with Gasteiger partial charge in [-0.15, -0.1) is 0 Å². The van der Waals surface area contributed by atoms with E-state index >= 15 is 0 Å². The molecule has 1 heterocycles. The molecule has 0 aliphatic heterocycles. The molecule has 0 radical (unpaired) electrons. The summed E-state index contributed by atoms with van der Waals surface area (Å²) in [6.45, 7) is 0. The molecule has 0 aliphatic rings. The lowest BCUT2D eigenvalue weighted by molar-refractivity contribution is 0.566. The molecule has 1 aromatic carbocycles. The van der Waals surface area contributed by atoms with Crippen molar-refractivity contribution in [2.75, 3.05) is 7.05 Å². The fourth-order valence-corrected chi connectivity index (χ4v) is 1.89. The second-order valence-corrected chi connectivity index (χ2v) is 4.08. The van der Waals surface area contributed by atoms with Gasteiger partial charge >= 0.3 is 0 Å². The first-order valence-electron chi connectivity index (χ1n) is 5.60. The quantitative estimate of drug-likeness (QED) is 0.876. The number of nitrogens with one attached hydrogen (secondary N) is 1. The van der Waals surface area contributed by atoms with Crippen LogP contribution in [0.25, 0.3) is 0 Å². The minimum atomic E-state index is -0.205. The minimum Gasteiger partial charge on any atom is -0.313 e. The molecule has 2 aromatic rings. The predicted molar refractivity (Wildman–Crippen MR) is 65.1 cm³/mol. The molecule has 0 saturated heterocycles. The second-order valence-electron chi connectivity index (χ2n) is 4.08. The Labute approximate surface area is 100 Å². The molecule has 17 heavy (non-hydrogen) atoms. The van der Waals surface area contributed by atoms with Crippen molar-refractivity contribution in [1.29, 1.82) is 0 Å². The monoisotopic (exact) mass is 233 g/mol. The SMILES string of the molecule is CNC(Cc1ccn(C)n1)c1cccc(F)c1. The third-order valence-corrected chi connectivity index (χ3v) is 2.78. The molecule has 0 bridgehead atoms. The molecule has 0 fully saturated rings. The maximum Gasteiger partial charge on any atom is 0.123 e. The average Bonchev–Trinajstić information content (AvgIpc) is 2.72. The molecule has 0 amide bonds. The number of halogens is 1. The van der Waals surface area contributed by atoms with Gasteiger partial charge in [0.15, 0.2) is 0 Å². The summed E-state index contributed by atoms with van der Waals surface area (Å²) in [4.78, 5) is 0. The largest absolute Gasteiger partial charge is 0.313 e. The van der Waals surface area contributed by atoms with Gasteiger partial charge in [0.05, 0.1) is 5.69 Å². The number of benzene rings is 1. The second kappa shape index (κ2) is 5.10. The first-order chi connectivity index (χ1) is 8.19. The van der Waals surface area contributed by atoms with Crippen LogP contribution in [0, 0.1) is 5.82 Å². The van der Waals surface area contributed by atoms with Crippen molar-refractivity contribution < 1.29 is 4.39 Å². The molecule has 1 atom stereocenters. The Hall–Kier alpha value is -1.68. The molecule has 90 valence electrons. The first kappa shape index (κ1) is 11.8. The highest BCUT2D eigenvalue weighted by atomic mass is 19.1. The van der Waals surface area contributed by atoms with E-state index in [9.17, 15) is 4.39 Å². The molecular formula is C13H16FN3. The standard InChI is InChI=1S/C13H16FN3/c1-15-13(9-12-6-7-17(2)16-12)10-4-3-5-11(14)8-10/h3-8,13,15H,9H2,1-2H3. The number of likely N-dealkylation sites (N-methyl/N-ethyl adjacent to an activating group) is 1. The molecule has 0 saturated carbocycles. The highest BCUT2D eigenvalue weighted by molar-refractivity contribution is 5.21. The van der Waals surface area contributed by atoms with Crippen LogP contribution >= 0.6 is 0 Å². The smallest absolute Gasteiger partial charge is 0.123 e. The van der Waals surface area contributed by atoms with Gasteiger partial charge in [0.2, 0.25) is 0 Å². The fraction of sp³-hybridized carbons (Fsp3) is 0.308. The van der Waals surface area contributed by atoms with E-state index in [2.05, 4.69) is 10.4 Å². The van der Waals surface area contributed by atoms with E-state index in [0.717, 1.165) is 17.7 Å². The van der Waals surface area contributed by atoms with E-state index in [0.29, 0.717) is 0 Å². The number of hydrogen-bond donors (Lipinski definition) is 1. The zero-order valence-electron chi connectivity index (χ0n) is 10.0. The zero-order valence-corrected chi connectivity index (χ0v) is 10.0. The molecule has 4 heteroatoms. The first-order valence-corrected chi connectivity index (χ1v) is 5.60. The van der Waals surface area contributed by atoms with Crippen LogP contribution in [0.2, 0.25) is 0 Å². The molecule has 2 rings (SSSR count). The summed E-state index contributed by atoms with van der Waals surface area (Å²) in [5, 5.41) is 7.52. The highest BCUT2D eigenvalue weighted by Crippen LogP contribution is 2.17. The molecule has 0 spiro atoms. The predicted octanol–water partition coefficient (Wildman–Crippen LogP) is 2.06. The summed E-state index contributed by atoms with van der Waals surface area (Å²) in [5.41, 5.74) is 1.94. The summed E-state index contributed by atoms with van der Waals surface area (Å²) in [5.74, 6) is -0.205. The Kier molecular flexibility index (Phi) is 3.54. The van der Waals surface area contributed by atoms with Crippen molar-refractivity contribution in [1.82, 2.24) is 15.1 Å². The summed E-state index contributed by atoms with van der Waals surface area (Å²) < 4.78 is 14.9. The average molecular weight is 233 g/mol. The van der Waals surface area contributed by atoms with Crippen molar-refractivity contribution in [3.05, 3.63) is 53.6 Å². The van der Waals surface area contributed by atoms with E-state index < -0.39 is 0 Å². The van der Waals surface area contributed by atoms with E-state index in [1.807, 2.05) is 32.4 Å². The van der Waals surface area contributed by atoms with Gasteiger partial charge in [-0.05, 0) is 30.8 Å². The van der Waals surface area contributed by atoms with Gasteiger partial charge in [0.1, 0.15) is 5.82 Å². The maximum atomic E-state index is 13.2. The maximum absolute atomic E-state index is 13.2. The Bertz CT molecular complexity index is 493. The van der Waals surface area contributed by atoms with Gasteiger partial charge in [-0.1, -0.05) is 12.1 Å². The van der Waals surface area contributed by atoms with Crippen LogP contribution in [-0.4, -0.2) is 16.8 Å².